The van der Waals surface area contributed by atoms with Crippen LogP contribution in [0.5, 0.6) is 11.5 Å². The first kappa shape index (κ1) is 46.6. The highest BCUT2D eigenvalue weighted by Crippen LogP contribution is 2.44. The van der Waals surface area contributed by atoms with Crippen molar-refractivity contribution in [3.8, 4) is 11.5 Å². The summed E-state index contributed by atoms with van der Waals surface area (Å²) >= 11 is 0. The van der Waals surface area contributed by atoms with Gasteiger partial charge in [-0.15, -0.1) is 0 Å². The van der Waals surface area contributed by atoms with Crippen molar-refractivity contribution in [2.75, 3.05) is 36.6 Å². The summed E-state index contributed by atoms with van der Waals surface area (Å²) in [6.07, 6.45) is -3.42. The predicted molar refractivity (Wildman–Crippen MR) is 217 cm³/mol. The third kappa shape index (κ3) is 10.9. The number of amides is 2. The minimum atomic E-state index is -5.08. The number of nitrogen functional groups attached to an aromatic ring is 1. The van der Waals surface area contributed by atoms with Crippen LogP contribution in [0.1, 0.15) is 71.2 Å². The van der Waals surface area contributed by atoms with Crippen LogP contribution < -0.4 is 25.8 Å². The highest BCUT2D eigenvalue weighted by molar-refractivity contribution is 7.92. The molecule has 1 saturated heterocycles. The van der Waals surface area contributed by atoms with E-state index >= 15 is 4.79 Å². The van der Waals surface area contributed by atoms with Gasteiger partial charge in [-0.3, -0.25) is 14.4 Å². The van der Waals surface area contributed by atoms with E-state index in [1.165, 1.54) is 37.1 Å². The number of esters is 1. The Hall–Kier alpha value is -6.11. The third-order valence-corrected chi connectivity index (χ3v) is 11.5. The van der Waals surface area contributed by atoms with Crippen molar-refractivity contribution in [3.63, 3.8) is 0 Å². The number of carbonyl (C=O) groups excluding carboxylic acids is 3. The first-order valence-corrected chi connectivity index (χ1v) is 20.3. The van der Waals surface area contributed by atoms with E-state index in [9.17, 15) is 31.2 Å². The molecular formula is C41H48F3N5O10S. The Morgan fingerprint density at radius 3 is 2.23 bits per heavy atom. The molecular weight excluding hydrogens is 812 g/mol. The summed E-state index contributed by atoms with van der Waals surface area (Å²) in [5.74, 6) is -3.75. The lowest BCUT2D eigenvalue weighted by molar-refractivity contribution is -0.192. The van der Waals surface area contributed by atoms with Crippen LogP contribution in [0.2, 0.25) is 0 Å². The molecule has 0 radical (unpaired) electrons. The highest BCUT2D eigenvalue weighted by Gasteiger charge is 2.47. The number of carboxylic acids is 1. The van der Waals surface area contributed by atoms with Gasteiger partial charge >= 0.3 is 18.1 Å². The van der Waals surface area contributed by atoms with E-state index in [4.69, 9.17) is 29.8 Å². The Balaban J connectivity index is 0.00000104. The number of ether oxygens (including phenoxy) is 3. The second kappa shape index (κ2) is 19.3. The number of benzene rings is 3. The fraction of sp³-hybridized carbons (Fsp3) is 0.390. The number of carbonyl (C=O) groups is 4. The second-order valence-corrected chi connectivity index (χ2v) is 16.7. The fourth-order valence-electron chi connectivity index (χ4n) is 6.63. The Morgan fingerprint density at radius 2 is 1.65 bits per heavy atom. The molecule has 1 aliphatic heterocycles. The van der Waals surface area contributed by atoms with Crippen molar-refractivity contribution in [1.82, 2.24) is 9.88 Å². The lowest BCUT2D eigenvalue weighted by atomic mass is 9.92. The number of nitrogens with zero attached hydrogens (tertiary/aromatic N) is 2. The molecule has 0 aliphatic carbocycles. The molecule has 1 fully saturated rings. The summed E-state index contributed by atoms with van der Waals surface area (Å²) < 4.78 is 76.6. The molecule has 1 unspecified atom stereocenters. The number of nitrogens with one attached hydrogen (secondary N) is 2. The molecule has 60 heavy (non-hydrogen) atoms. The first-order valence-electron chi connectivity index (χ1n) is 18.8. The van der Waals surface area contributed by atoms with Gasteiger partial charge in [-0.25, -0.2) is 18.2 Å². The number of aliphatic carboxylic acids is 1. The summed E-state index contributed by atoms with van der Waals surface area (Å²) in [6.45, 7) is 10.6. The molecule has 5 rings (SSSR count). The lowest BCUT2D eigenvalue weighted by Gasteiger charge is -2.33. The molecule has 1 aliphatic rings. The Kier molecular flexibility index (Phi) is 15.0. The number of likely N-dealkylation sites (tertiary alicyclic amines) is 1. The number of pyridine rings is 1. The van der Waals surface area contributed by atoms with E-state index in [1.54, 1.807) is 44.3 Å². The van der Waals surface area contributed by atoms with Crippen molar-refractivity contribution >= 4 is 61.6 Å². The third-order valence-electron chi connectivity index (χ3n) is 9.32. The Bertz CT molecular complexity index is 2340. The van der Waals surface area contributed by atoms with E-state index < -0.39 is 57.1 Å². The van der Waals surface area contributed by atoms with Gasteiger partial charge in [0.2, 0.25) is 11.8 Å². The van der Waals surface area contributed by atoms with E-state index in [0.29, 0.717) is 40.9 Å². The van der Waals surface area contributed by atoms with E-state index in [1.807, 2.05) is 39.0 Å². The number of alkyl halides is 3. The minimum absolute atomic E-state index is 0.0424. The zero-order valence-corrected chi connectivity index (χ0v) is 34.8. The molecule has 324 valence electrons. The standard InChI is InChI=1S/C39H47N5O8S.C2HF3O2/c1-8-51-33-20-26(9-13-32(33)52-22(2)3)35(43-27-10-12-29-25(19-27)15-17-41-37(29)40)38(46)44-18-16-30(39(47)50-7)36(44)31-21-28(42-24(6)45)11-14-34(31)53(48,49)23(4)5;3-2(4,5)1(6)7/h9-15,17,19-23,30,35-36,43H,8,16,18H2,1-7H3,(H2,40,41)(H,42,45);(H,6,7)/t30-,35?,36-;/m1./s1. The number of aromatic nitrogens is 1. The van der Waals surface area contributed by atoms with Gasteiger partial charge in [-0.2, -0.15) is 13.2 Å². The number of fused-ring (bicyclic) bond motifs is 1. The number of hydrogen-bond donors (Lipinski definition) is 4. The molecule has 4 aromatic rings. The van der Waals surface area contributed by atoms with Gasteiger partial charge in [0.1, 0.15) is 11.9 Å². The van der Waals surface area contributed by atoms with Crippen LogP contribution in [-0.4, -0.2) is 85.0 Å². The van der Waals surface area contributed by atoms with Crippen molar-refractivity contribution < 1.29 is 60.1 Å². The Morgan fingerprint density at radius 1 is 0.983 bits per heavy atom. The summed E-state index contributed by atoms with van der Waals surface area (Å²) in [5.41, 5.74) is 7.77. The van der Waals surface area contributed by atoms with Gasteiger partial charge in [0, 0.05) is 36.4 Å². The van der Waals surface area contributed by atoms with Gasteiger partial charge in [0.25, 0.3) is 0 Å². The van der Waals surface area contributed by atoms with Gasteiger partial charge < -0.3 is 40.6 Å². The second-order valence-electron chi connectivity index (χ2n) is 14.2. The van der Waals surface area contributed by atoms with Crippen LogP contribution in [0.15, 0.2) is 71.8 Å². The van der Waals surface area contributed by atoms with Crippen LogP contribution in [0.4, 0.5) is 30.4 Å². The smallest absolute Gasteiger partial charge is 0.490 e. The van der Waals surface area contributed by atoms with Crippen molar-refractivity contribution in [3.05, 3.63) is 78.0 Å². The molecule has 0 bridgehead atoms. The molecule has 5 N–H and O–H groups in total. The molecule has 0 spiro atoms. The topological polar surface area (TPSA) is 217 Å². The maximum absolute atomic E-state index is 15.2. The number of methoxy groups -OCH3 is 1. The average molecular weight is 860 g/mol. The number of hydrogen-bond acceptors (Lipinski definition) is 12. The van der Waals surface area contributed by atoms with Crippen LogP contribution >= 0.6 is 0 Å². The van der Waals surface area contributed by atoms with Gasteiger partial charge in [-0.1, -0.05) is 6.07 Å². The van der Waals surface area contributed by atoms with Gasteiger partial charge in [-0.05, 0) is 112 Å². The summed E-state index contributed by atoms with van der Waals surface area (Å²) in [4.78, 5) is 55.2. The fourth-order valence-corrected chi connectivity index (χ4v) is 7.90. The van der Waals surface area contributed by atoms with E-state index in [2.05, 4.69) is 15.6 Å². The van der Waals surface area contributed by atoms with Crippen LogP contribution in [0.3, 0.4) is 0 Å². The lowest BCUT2D eigenvalue weighted by Crippen LogP contribution is -2.40. The monoisotopic (exact) mass is 859 g/mol. The molecule has 2 amide bonds. The SMILES string of the molecule is CCOc1cc(C(Nc2ccc3c(N)nccc3c2)C(=O)N2CC[C@@H](C(=O)OC)[C@@H]2c2cc(NC(C)=O)ccc2S(=O)(=O)C(C)C)ccc1OC(C)C.O=C(O)C(F)(F)F. The largest absolute Gasteiger partial charge is 0.490 e. The first-order chi connectivity index (χ1) is 28.1. The zero-order chi connectivity index (χ0) is 44.7. The summed E-state index contributed by atoms with van der Waals surface area (Å²) in [6, 6.07) is 14.9. The van der Waals surface area contributed by atoms with Crippen LogP contribution in [-0.2, 0) is 33.8 Å². The van der Waals surface area contributed by atoms with Crippen molar-refractivity contribution in [2.45, 2.75) is 82.5 Å². The molecule has 19 heteroatoms. The molecule has 3 atom stereocenters. The molecule has 0 saturated carbocycles. The van der Waals surface area contributed by atoms with Gasteiger partial charge in [0.05, 0.1) is 41.9 Å². The molecule has 3 aromatic carbocycles. The highest BCUT2D eigenvalue weighted by atomic mass is 32.2. The van der Waals surface area contributed by atoms with E-state index in [0.717, 1.165) is 10.8 Å². The number of nitrogens with two attached hydrogens (primary N) is 1. The molecule has 1 aromatic heterocycles. The maximum atomic E-state index is 15.2. The maximum Gasteiger partial charge on any atom is 0.490 e. The normalized spacial score (nSPS) is 15.8. The predicted octanol–water partition coefficient (Wildman–Crippen LogP) is 6.69. The van der Waals surface area contributed by atoms with Crippen molar-refractivity contribution in [2.24, 2.45) is 5.92 Å². The zero-order valence-electron chi connectivity index (χ0n) is 34.0. The number of halogens is 3. The number of anilines is 3. The number of carboxylic acid groups (broad SMARTS) is 1. The number of sulfone groups is 1. The van der Waals surface area contributed by atoms with Crippen LogP contribution in [0.25, 0.3) is 10.8 Å². The number of rotatable bonds is 13. The Labute approximate surface area is 345 Å². The minimum Gasteiger partial charge on any atom is -0.490 e. The molecule has 2 heterocycles. The van der Waals surface area contributed by atoms with Gasteiger partial charge in [0.15, 0.2) is 21.3 Å². The van der Waals surface area contributed by atoms with Crippen LogP contribution in [0, 0.1) is 5.92 Å². The van der Waals surface area contributed by atoms with Crippen molar-refractivity contribution in [1.29, 1.82) is 0 Å². The quantitative estimate of drug-likeness (QED) is 0.103. The summed E-state index contributed by atoms with van der Waals surface area (Å²) in [5, 5.41) is 14.0. The summed E-state index contributed by atoms with van der Waals surface area (Å²) in [7, 11) is -2.68. The average Bonchev–Trinajstić information content (AvgIpc) is 3.62. The molecule has 15 nitrogen and oxygen atoms in total. The van der Waals surface area contributed by atoms with E-state index in [-0.39, 0.29) is 35.4 Å².